The molecule has 182 valence electrons. The highest BCUT2D eigenvalue weighted by atomic mass is 35.5. The predicted octanol–water partition coefficient (Wildman–Crippen LogP) is 6.21. The molecular weight excluding hydrogens is 480 g/mol. The fourth-order valence-corrected chi connectivity index (χ4v) is 4.27. The van der Waals surface area contributed by atoms with E-state index in [1.54, 1.807) is 19.1 Å². The monoisotopic (exact) mass is 506 g/mol. The van der Waals surface area contributed by atoms with Crippen LogP contribution >= 0.6 is 11.6 Å². The van der Waals surface area contributed by atoms with Crippen molar-refractivity contribution in [2.75, 3.05) is 19.3 Å². The first-order valence-corrected chi connectivity index (χ1v) is 12.4. The molecule has 1 fully saturated rings. The van der Waals surface area contributed by atoms with Crippen molar-refractivity contribution in [3.63, 3.8) is 0 Å². The number of aryl methyl sites for hydroxylation is 2. The fourth-order valence-electron chi connectivity index (χ4n) is 3.03. The lowest BCUT2D eigenvalue weighted by Gasteiger charge is -2.10. The number of nitriles is 1. The van der Waals surface area contributed by atoms with Crippen LogP contribution in [0.3, 0.4) is 0 Å². The first-order valence-electron chi connectivity index (χ1n) is 10.2. The molecule has 1 aliphatic rings. The Kier molecular flexibility index (Phi) is 10.8. The van der Waals surface area contributed by atoms with Crippen molar-refractivity contribution in [3.8, 4) is 6.07 Å². The minimum atomic E-state index is -4.46. The molecule has 33 heavy (non-hydrogen) atoms. The Hall–Kier alpha value is -2.15. The van der Waals surface area contributed by atoms with Gasteiger partial charge in [-0.3, -0.25) is 0 Å². The third-order valence-electron chi connectivity index (χ3n) is 4.86. The number of halogens is 5. The highest BCUT2D eigenvalue weighted by Gasteiger charge is 2.33. The van der Waals surface area contributed by atoms with E-state index < -0.39 is 27.6 Å². The first kappa shape index (κ1) is 28.9. The summed E-state index contributed by atoms with van der Waals surface area (Å²) < 4.78 is 72.6. The number of nitrogens with zero attached hydrogens (tertiary/aromatic N) is 2. The van der Waals surface area contributed by atoms with Gasteiger partial charge in [0.05, 0.1) is 22.4 Å². The van der Waals surface area contributed by atoms with Gasteiger partial charge in [0, 0.05) is 13.1 Å². The Labute approximate surface area is 197 Å². The summed E-state index contributed by atoms with van der Waals surface area (Å²) in [7, 11) is -2.90. The van der Waals surface area contributed by atoms with Crippen molar-refractivity contribution in [2.45, 2.75) is 39.8 Å². The smallest absolute Gasteiger partial charge is 0.213 e. The lowest BCUT2D eigenvalue weighted by atomic mass is 10.0. The fraction of sp³-hybridized carbons (Fsp3) is 0.435. The molecule has 3 rings (SSSR count). The van der Waals surface area contributed by atoms with Crippen LogP contribution in [-0.2, 0) is 22.6 Å². The maximum absolute atomic E-state index is 12.5. The SMILES string of the molecule is CC1CCN(S(C)(=O)=O)C1.CCc1ccc(F)cc1C(F)(F)F.Cc1ccc(C#N)c(Cl)c1. The van der Waals surface area contributed by atoms with E-state index in [0.29, 0.717) is 35.7 Å². The number of benzene rings is 2. The van der Waals surface area contributed by atoms with E-state index in [9.17, 15) is 26.0 Å². The minimum Gasteiger partial charge on any atom is -0.213 e. The summed E-state index contributed by atoms with van der Waals surface area (Å²) in [6.45, 7) is 7.03. The Morgan fingerprint density at radius 2 is 1.85 bits per heavy atom. The van der Waals surface area contributed by atoms with E-state index >= 15 is 0 Å². The maximum atomic E-state index is 12.5. The van der Waals surface area contributed by atoms with Crippen LogP contribution in [0.15, 0.2) is 36.4 Å². The molecule has 2 aromatic rings. The van der Waals surface area contributed by atoms with E-state index in [0.717, 1.165) is 24.1 Å². The van der Waals surface area contributed by atoms with E-state index in [4.69, 9.17) is 16.9 Å². The molecule has 1 unspecified atom stereocenters. The molecule has 0 radical (unpaired) electrons. The highest BCUT2D eigenvalue weighted by molar-refractivity contribution is 7.88. The number of rotatable bonds is 2. The van der Waals surface area contributed by atoms with Gasteiger partial charge in [-0.2, -0.15) is 18.4 Å². The molecule has 1 atom stereocenters. The Morgan fingerprint density at radius 3 is 2.24 bits per heavy atom. The summed E-state index contributed by atoms with van der Waals surface area (Å²) in [5.74, 6) is -0.320. The van der Waals surface area contributed by atoms with Crippen molar-refractivity contribution in [1.29, 1.82) is 5.26 Å². The van der Waals surface area contributed by atoms with E-state index in [1.165, 1.54) is 10.6 Å². The Bertz CT molecular complexity index is 1080. The molecule has 4 nitrogen and oxygen atoms in total. The molecule has 1 saturated heterocycles. The van der Waals surface area contributed by atoms with E-state index in [2.05, 4.69) is 6.92 Å². The van der Waals surface area contributed by atoms with Gasteiger partial charge in [0.15, 0.2) is 0 Å². The van der Waals surface area contributed by atoms with Gasteiger partial charge in [0.25, 0.3) is 0 Å². The van der Waals surface area contributed by atoms with Crippen LogP contribution in [0.2, 0.25) is 5.02 Å². The largest absolute Gasteiger partial charge is 0.416 e. The first-order chi connectivity index (χ1) is 15.2. The van der Waals surface area contributed by atoms with Crippen LogP contribution in [0.25, 0.3) is 0 Å². The molecule has 0 saturated carbocycles. The summed E-state index contributed by atoms with van der Waals surface area (Å²) in [5, 5.41) is 9.00. The summed E-state index contributed by atoms with van der Waals surface area (Å²) in [4.78, 5) is 0. The molecule has 0 bridgehead atoms. The van der Waals surface area contributed by atoms with Gasteiger partial charge in [-0.05, 0) is 61.1 Å². The second-order valence-corrected chi connectivity index (χ2v) is 10.2. The highest BCUT2D eigenvalue weighted by Crippen LogP contribution is 2.32. The molecule has 2 aromatic carbocycles. The normalized spacial score (nSPS) is 16.2. The van der Waals surface area contributed by atoms with Gasteiger partial charge < -0.3 is 0 Å². The van der Waals surface area contributed by atoms with Gasteiger partial charge in [0.2, 0.25) is 10.0 Å². The second-order valence-electron chi connectivity index (χ2n) is 7.76. The van der Waals surface area contributed by atoms with Crippen LogP contribution in [0.4, 0.5) is 17.6 Å². The van der Waals surface area contributed by atoms with Crippen molar-refractivity contribution in [2.24, 2.45) is 5.92 Å². The summed E-state index contributed by atoms with van der Waals surface area (Å²) in [6, 6.07) is 10.1. The third-order valence-corrected chi connectivity index (χ3v) is 6.44. The van der Waals surface area contributed by atoms with Crippen LogP contribution in [0.1, 0.15) is 42.5 Å². The van der Waals surface area contributed by atoms with Crippen LogP contribution in [0.5, 0.6) is 0 Å². The summed E-state index contributed by atoms with van der Waals surface area (Å²) in [6.07, 6.45) is -1.94. The van der Waals surface area contributed by atoms with E-state index in [-0.39, 0.29) is 12.0 Å². The molecular formula is C23H27ClF4N2O2S. The molecule has 0 aromatic heterocycles. The zero-order valence-corrected chi connectivity index (χ0v) is 20.5. The second kappa shape index (κ2) is 12.4. The molecule has 1 heterocycles. The predicted molar refractivity (Wildman–Crippen MR) is 122 cm³/mol. The average Bonchev–Trinajstić information content (AvgIpc) is 3.15. The zero-order chi connectivity index (χ0) is 25.4. The molecule has 1 aliphatic heterocycles. The van der Waals surface area contributed by atoms with Gasteiger partial charge in [-0.25, -0.2) is 17.1 Å². The average molecular weight is 507 g/mol. The molecule has 10 heteroatoms. The van der Waals surface area contributed by atoms with Gasteiger partial charge >= 0.3 is 6.18 Å². The van der Waals surface area contributed by atoms with Crippen molar-refractivity contribution in [3.05, 3.63) is 69.5 Å². The van der Waals surface area contributed by atoms with Crippen LogP contribution < -0.4 is 0 Å². The number of hydrogen-bond donors (Lipinski definition) is 0. The summed E-state index contributed by atoms with van der Waals surface area (Å²) in [5.41, 5.74) is 0.847. The van der Waals surface area contributed by atoms with Gasteiger partial charge in [0.1, 0.15) is 11.9 Å². The van der Waals surface area contributed by atoms with Crippen LogP contribution in [-0.4, -0.2) is 32.1 Å². The molecule has 0 spiro atoms. The van der Waals surface area contributed by atoms with Crippen molar-refractivity contribution < 1.29 is 26.0 Å². The standard InChI is InChI=1S/C9H8F4.C8H6ClN.C6H13NO2S/c1-2-6-3-4-7(10)5-8(6)9(11,12)13;1-6-2-3-7(5-10)8(9)4-6;1-6-3-4-7(5-6)10(2,8)9/h3-5H,2H2,1H3;2-4H,1H3;6H,3-5H2,1-2H3. The van der Waals surface area contributed by atoms with Crippen molar-refractivity contribution in [1.82, 2.24) is 4.31 Å². The topological polar surface area (TPSA) is 61.2 Å². The third kappa shape index (κ3) is 9.70. The number of hydrogen-bond acceptors (Lipinski definition) is 3. The van der Waals surface area contributed by atoms with Crippen molar-refractivity contribution >= 4 is 21.6 Å². The molecule has 0 aliphatic carbocycles. The van der Waals surface area contributed by atoms with Gasteiger partial charge in [-0.1, -0.05) is 37.6 Å². The summed E-state index contributed by atoms with van der Waals surface area (Å²) >= 11 is 5.71. The Morgan fingerprint density at radius 1 is 1.21 bits per heavy atom. The maximum Gasteiger partial charge on any atom is 0.416 e. The Balaban J connectivity index is 0.000000251. The lowest BCUT2D eigenvalue weighted by Crippen LogP contribution is -2.27. The minimum absolute atomic E-state index is 0.119. The lowest BCUT2D eigenvalue weighted by molar-refractivity contribution is -0.138. The zero-order valence-electron chi connectivity index (χ0n) is 18.9. The quantitative estimate of drug-likeness (QED) is 0.455. The molecule has 0 N–H and O–H groups in total. The number of sulfonamides is 1. The van der Waals surface area contributed by atoms with Gasteiger partial charge in [-0.15, -0.1) is 0 Å². The van der Waals surface area contributed by atoms with E-state index in [1.807, 2.05) is 19.1 Å². The van der Waals surface area contributed by atoms with Crippen LogP contribution in [0, 0.1) is 30.0 Å². The number of alkyl halides is 3. The molecule has 0 amide bonds.